The minimum absolute atomic E-state index is 0. The van der Waals surface area contributed by atoms with Gasteiger partial charge in [0.2, 0.25) is 5.91 Å². The number of hydrogen-bond donors (Lipinski definition) is 2. The average molecular weight is 451 g/mol. The van der Waals surface area contributed by atoms with E-state index in [1.54, 1.807) is 18.4 Å². The third kappa shape index (κ3) is 5.91. The molecular weight excluding hydrogens is 425 g/mol. The Hall–Kier alpha value is -0.900. The highest BCUT2D eigenvalue weighted by molar-refractivity contribution is 14.0. The summed E-state index contributed by atoms with van der Waals surface area (Å²) in [7, 11) is 1.76. The van der Waals surface area contributed by atoms with Gasteiger partial charge < -0.3 is 15.5 Å². The fourth-order valence-corrected chi connectivity index (χ4v) is 3.23. The van der Waals surface area contributed by atoms with Crippen LogP contribution in [0.3, 0.4) is 0 Å². The summed E-state index contributed by atoms with van der Waals surface area (Å²) in [5.74, 6) is 0.990. The maximum absolute atomic E-state index is 11.7. The van der Waals surface area contributed by atoms with E-state index in [1.807, 2.05) is 11.8 Å². The molecule has 6 nitrogen and oxygen atoms in total. The van der Waals surface area contributed by atoms with Gasteiger partial charge in [-0.2, -0.15) is 0 Å². The quantitative estimate of drug-likeness (QED) is 0.408. The minimum atomic E-state index is 0. The average Bonchev–Trinajstić information content (AvgIpc) is 3.19. The van der Waals surface area contributed by atoms with Gasteiger partial charge in [0.25, 0.3) is 0 Å². The van der Waals surface area contributed by atoms with Crippen molar-refractivity contribution in [3.05, 3.63) is 16.1 Å². The number of nitrogens with one attached hydrogen (secondary N) is 2. The summed E-state index contributed by atoms with van der Waals surface area (Å²) < 4.78 is 0. The zero-order valence-corrected chi connectivity index (χ0v) is 17.1. The molecule has 0 aliphatic carbocycles. The number of guanidine groups is 1. The molecule has 8 heteroatoms. The van der Waals surface area contributed by atoms with Gasteiger partial charge in [0, 0.05) is 38.0 Å². The molecule has 1 aromatic heterocycles. The first-order valence-corrected chi connectivity index (χ1v) is 8.72. The lowest BCUT2D eigenvalue weighted by Crippen LogP contribution is -2.44. The number of carbonyl (C=O) groups excluding carboxylic acids is 1. The van der Waals surface area contributed by atoms with Crippen LogP contribution in [0.5, 0.6) is 0 Å². The molecule has 1 aliphatic heterocycles. The summed E-state index contributed by atoms with van der Waals surface area (Å²) in [6.45, 7) is 6.26. The van der Waals surface area contributed by atoms with Crippen LogP contribution in [0.15, 0.2) is 10.4 Å². The molecule has 1 amide bonds. The Morgan fingerprint density at radius 3 is 2.91 bits per heavy atom. The van der Waals surface area contributed by atoms with Crippen LogP contribution in [0, 0.1) is 0 Å². The molecule has 0 saturated carbocycles. The Balaban J connectivity index is 0.00000264. The van der Waals surface area contributed by atoms with Gasteiger partial charge >= 0.3 is 0 Å². The lowest BCUT2D eigenvalue weighted by Gasteiger charge is -2.18. The molecule has 0 aromatic carbocycles. The molecule has 130 valence electrons. The highest BCUT2D eigenvalue weighted by atomic mass is 127. The molecule has 2 rings (SSSR count). The molecule has 2 heterocycles. The van der Waals surface area contributed by atoms with E-state index in [0.717, 1.165) is 42.6 Å². The first kappa shape index (κ1) is 20.1. The van der Waals surface area contributed by atoms with Crippen molar-refractivity contribution in [3.8, 4) is 0 Å². The SMILES string of the molecule is CCC(=O)N1CCC(NC(=NC)NCc2csc(CC)n2)C1.I. The van der Waals surface area contributed by atoms with Gasteiger partial charge in [0.15, 0.2) is 5.96 Å². The largest absolute Gasteiger partial charge is 0.352 e. The van der Waals surface area contributed by atoms with E-state index in [-0.39, 0.29) is 35.9 Å². The number of carbonyl (C=O) groups is 1. The number of rotatable bonds is 5. The van der Waals surface area contributed by atoms with Crippen LogP contribution >= 0.6 is 35.3 Å². The van der Waals surface area contributed by atoms with Crippen LogP contribution in [0.1, 0.15) is 37.4 Å². The number of aryl methyl sites for hydroxylation is 1. The number of likely N-dealkylation sites (tertiary alicyclic amines) is 1. The van der Waals surface area contributed by atoms with Crippen molar-refractivity contribution < 1.29 is 4.79 Å². The van der Waals surface area contributed by atoms with Crippen molar-refractivity contribution in [3.63, 3.8) is 0 Å². The fraction of sp³-hybridized carbons (Fsp3) is 0.667. The smallest absolute Gasteiger partial charge is 0.222 e. The molecule has 0 spiro atoms. The summed E-state index contributed by atoms with van der Waals surface area (Å²) in [5, 5.41) is 9.91. The normalized spacial score (nSPS) is 17.8. The molecule has 1 saturated heterocycles. The number of aliphatic imine (C=N–C) groups is 1. The van der Waals surface area contributed by atoms with Crippen molar-refractivity contribution in [2.45, 2.75) is 45.7 Å². The standard InChI is InChI=1S/C15H25N5OS.HI/c1-4-13-18-12(10-22-13)8-17-15(16-3)19-11-6-7-20(9-11)14(21)5-2;/h10-11H,4-9H2,1-3H3,(H2,16,17,19);1H. The summed E-state index contributed by atoms with van der Waals surface area (Å²) in [6.07, 6.45) is 2.51. The molecule has 0 radical (unpaired) electrons. The minimum Gasteiger partial charge on any atom is -0.352 e. The van der Waals surface area contributed by atoms with Crippen molar-refractivity contribution in [2.75, 3.05) is 20.1 Å². The summed E-state index contributed by atoms with van der Waals surface area (Å²) in [6, 6.07) is 0.267. The van der Waals surface area contributed by atoms with E-state index < -0.39 is 0 Å². The molecular formula is C15H26IN5OS. The molecule has 1 fully saturated rings. The summed E-state index contributed by atoms with van der Waals surface area (Å²) >= 11 is 1.69. The van der Waals surface area contributed by atoms with Gasteiger partial charge in [-0.15, -0.1) is 35.3 Å². The molecule has 1 aromatic rings. The van der Waals surface area contributed by atoms with E-state index in [0.29, 0.717) is 13.0 Å². The zero-order chi connectivity index (χ0) is 15.9. The molecule has 23 heavy (non-hydrogen) atoms. The predicted molar refractivity (Wildman–Crippen MR) is 106 cm³/mol. The second kappa shape index (κ2) is 10.1. The van der Waals surface area contributed by atoms with Crippen LogP contribution in [0.4, 0.5) is 0 Å². The monoisotopic (exact) mass is 451 g/mol. The number of amides is 1. The first-order valence-electron chi connectivity index (χ1n) is 7.84. The first-order chi connectivity index (χ1) is 10.7. The lowest BCUT2D eigenvalue weighted by atomic mass is 10.3. The van der Waals surface area contributed by atoms with Crippen molar-refractivity contribution in [2.24, 2.45) is 4.99 Å². The van der Waals surface area contributed by atoms with Gasteiger partial charge in [-0.1, -0.05) is 13.8 Å². The van der Waals surface area contributed by atoms with Gasteiger partial charge in [0.1, 0.15) is 0 Å². The summed E-state index contributed by atoms with van der Waals surface area (Å²) in [5.41, 5.74) is 1.04. The number of thiazole rings is 1. The molecule has 1 aliphatic rings. The van der Waals surface area contributed by atoms with Crippen LogP contribution in [-0.2, 0) is 17.8 Å². The van der Waals surface area contributed by atoms with E-state index in [9.17, 15) is 4.79 Å². The number of halogens is 1. The van der Waals surface area contributed by atoms with E-state index in [1.165, 1.54) is 0 Å². The molecule has 1 atom stereocenters. The number of hydrogen-bond acceptors (Lipinski definition) is 4. The number of aromatic nitrogens is 1. The van der Waals surface area contributed by atoms with Gasteiger partial charge in [-0.25, -0.2) is 4.98 Å². The Kier molecular flexibility index (Phi) is 8.82. The lowest BCUT2D eigenvalue weighted by molar-refractivity contribution is -0.129. The topological polar surface area (TPSA) is 69.6 Å². The molecule has 0 bridgehead atoms. The zero-order valence-electron chi connectivity index (χ0n) is 14.0. The van der Waals surface area contributed by atoms with E-state index >= 15 is 0 Å². The Morgan fingerprint density at radius 2 is 2.30 bits per heavy atom. The molecule has 1 unspecified atom stereocenters. The van der Waals surface area contributed by atoms with E-state index in [4.69, 9.17) is 0 Å². The highest BCUT2D eigenvalue weighted by Gasteiger charge is 2.25. The maximum Gasteiger partial charge on any atom is 0.222 e. The van der Waals surface area contributed by atoms with Crippen molar-refractivity contribution >= 4 is 47.2 Å². The third-order valence-electron chi connectivity index (χ3n) is 3.75. The Bertz CT molecular complexity index is 534. The van der Waals surface area contributed by atoms with Crippen LogP contribution in [0.25, 0.3) is 0 Å². The van der Waals surface area contributed by atoms with Crippen molar-refractivity contribution in [1.29, 1.82) is 0 Å². The van der Waals surface area contributed by atoms with Crippen LogP contribution < -0.4 is 10.6 Å². The Morgan fingerprint density at radius 1 is 1.52 bits per heavy atom. The second-order valence-electron chi connectivity index (χ2n) is 5.34. The fourth-order valence-electron chi connectivity index (χ4n) is 2.48. The van der Waals surface area contributed by atoms with Gasteiger partial charge in [-0.3, -0.25) is 9.79 Å². The maximum atomic E-state index is 11.7. The predicted octanol–water partition coefficient (Wildman–Crippen LogP) is 2.00. The van der Waals surface area contributed by atoms with Crippen LogP contribution in [0.2, 0.25) is 0 Å². The van der Waals surface area contributed by atoms with Gasteiger partial charge in [0.05, 0.1) is 17.2 Å². The summed E-state index contributed by atoms with van der Waals surface area (Å²) in [4.78, 5) is 22.4. The van der Waals surface area contributed by atoms with Crippen LogP contribution in [-0.4, -0.2) is 47.9 Å². The third-order valence-corrected chi connectivity index (χ3v) is 4.79. The Labute approximate surface area is 159 Å². The number of nitrogens with zero attached hydrogens (tertiary/aromatic N) is 3. The second-order valence-corrected chi connectivity index (χ2v) is 6.28. The molecule has 2 N–H and O–H groups in total. The van der Waals surface area contributed by atoms with Crippen molar-refractivity contribution in [1.82, 2.24) is 20.5 Å². The highest BCUT2D eigenvalue weighted by Crippen LogP contribution is 2.11. The van der Waals surface area contributed by atoms with E-state index in [2.05, 4.69) is 32.9 Å². The van der Waals surface area contributed by atoms with Gasteiger partial charge in [-0.05, 0) is 12.8 Å².